The van der Waals surface area contributed by atoms with Crippen LogP contribution in [-0.4, -0.2) is 11.4 Å². The minimum atomic E-state index is -0.264. The highest BCUT2D eigenvalue weighted by Crippen LogP contribution is 2.07. The molecule has 0 radical (unpaired) electrons. The fourth-order valence-electron chi connectivity index (χ4n) is 1.10. The Balaban J connectivity index is 2.48. The molecule has 0 unspecified atom stereocenters. The molecule has 2 nitrogen and oxygen atoms in total. The number of rotatable bonds is 4. The Labute approximate surface area is 103 Å². The summed E-state index contributed by atoms with van der Waals surface area (Å²) in [5.41, 5.74) is 0.742. The Bertz CT molecular complexity index is 408. The van der Waals surface area contributed by atoms with Crippen LogP contribution in [0.4, 0.5) is 0 Å². The van der Waals surface area contributed by atoms with Crippen LogP contribution in [0.3, 0.4) is 0 Å². The van der Waals surface area contributed by atoms with Gasteiger partial charge in [0.25, 0.3) is 0 Å². The van der Waals surface area contributed by atoms with E-state index in [0.717, 1.165) is 5.56 Å². The molecule has 17 heavy (non-hydrogen) atoms. The lowest BCUT2D eigenvalue weighted by molar-refractivity contribution is -0.110. The van der Waals surface area contributed by atoms with E-state index < -0.39 is 0 Å². The number of benzene rings is 1. The predicted octanol–water partition coefficient (Wildman–Crippen LogP) is 3.60. The third-order valence-corrected chi connectivity index (χ3v) is 1.89. The van der Waals surface area contributed by atoms with Crippen molar-refractivity contribution in [3.05, 3.63) is 54.3 Å². The highest BCUT2D eigenvalue weighted by Gasteiger charge is 2.07. The molecule has 0 N–H and O–H groups in total. The summed E-state index contributed by atoms with van der Waals surface area (Å²) >= 11 is 0. The van der Waals surface area contributed by atoms with E-state index in [1.165, 1.54) is 18.4 Å². The first-order valence-corrected chi connectivity index (χ1v) is 5.59. The minimum Gasteiger partial charge on any atom is -0.496 e. The number of ether oxygens (including phenoxy) is 1. The number of carbonyl (C=O) groups excluding carboxylic acids is 1. The van der Waals surface area contributed by atoms with E-state index in [-0.39, 0.29) is 11.4 Å². The molecule has 0 bridgehead atoms. The van der Waals surface area contributed by atoms with Crippen LogP contribution < -0.4 is 0 Å². The fourth-order valence-corrected chi connectivity index (χ4v) is 1.10. The molecule has 0 fully saturated rings. The molecule has 1 rings (SSSR count). The van der Waals surface area contributed by atoms with E-state index in [1.807, 2.05) is 51.1 Å². The van der Waals surface area contributed by atoms with Crippen molar-refractivity contribution in [3.8, 4) is 0 Å². The van der Waals surface area contributed by atoms with Gasteiger partial charge >= 0.3 is 0 Å². The molecule has 0 spiro atoms. The summed E-state index contributed by atoms with van der Waals surface area (Å²) in [6, 6.07) is 9.69. The zero-order valence-corrected chi connectivity index (χ0v) is 10.5. The zero-order valence-electron chi connectivity index (χ0n) is 10.5. The van der Waals surface area contributed by atoms with E-state index in [0.29, 0.717) is 0 Å². The molecule has 0 saturated carbocycles. The first kappa shape index (κ1) is 13.2. The standard InChI is InChI=1S/C15H18O2/c1-15(2,3)17-12-11-14(16)10-9-13-7-5-4-6-8-13/h4-12H,1-3H3/b10-9+,12-11+. The van der Waals surface area contributed by atoms with E-state index in [4.69, 9.17) is 4.74 Å². The van der Waals surface area contributed by atoms with Gasteiger partial charge in [-0.15, -0.1) is 0 Å². The second-order valence-electron chi connectivity index (χ2n) is 4.68. The summed E-state index contributed by atoms with van der Waals surface area (Å²) in [5, 5.41) is 0. The summed E-state index contributed by atoms with van der Waals surface area (Å²) in [5.74, 6) is -0.0851. The molecule has 0 amide bonds. The van der Waals surface area contributed by atoms with Gasteiger partial charge in [-0.3, -0.25) is 4.79 Å². The first-order valence-electron chi connectivity index (χ1n) is 5.59. The second kappa shape index (κ2) is 6.04. The molecule has 1 aromatic carbocycles. The zero-order chi connectivity index (χ0) is 12.7. The van der Waals surface area contributed by atoms with Gasteiger partial charge in [0.1, 0.15) is 0 Å². The lowest BCUT2D eigenvalue weighted by atomic mass is 10.2. The van der Waals surface area contributed by atoms with Crippen LogP contribution in [0.25, 0.3) is 6.08 Å². The van der Waals surface area contributed by atoms with Crippen molar-refractivity contribution in [2.45, 2.75) is 26.4 Å². The van der Waals surface area contributed by atoms with Gasteiger partial charge in [0.2, 0.25) is 0 Å². The minimum absolute atomic E-state index is 0.0851. The molecule has 1 aromatic rings. The van der Waals surface area contributed by atoms with Crippen molar-refractivity contribution in [3.63, 3.8) is 0 Å². The van der Waals surface area contributed by atoms with E-state index in [2.05, 4.69) is 0 Å². The van der Waals surface area contributed by atoms with Crippen LogP contribution in [0.1, 0.15) is 26.3 Å². The van der Waals surface area contributed by atoms with Crippen molar-refractivity contribution in [2.24, 2.45) is 0 Å². The van der Waals surface area contributed by atoms with Gasteiger partial charge in [0.05, 0.1) is 11.9 Å². The SMILES string of the molecule is CC(C)(C)O/C=C/C(=O)/C=C/c1ccccc1. The molecular weight excluding hydrogens is 212 g/mol. The number of carbonyl (C=O) groups is 1. The molecule has 0 aliphatic rings. The molecule has 0 saturated heterocycles. The normalized spacial score (nSPS) is 12.2. The molecule has 0 aliphatic heterocycles. The van der Waals surface area contributed by atoms with Crippen molar-refractivity contribution < 1.29 is 9.53 Å². The quantitative estimate of drug-likeness (QED) is 0.583. The van der Waals surface area contributed by atoms with Gasteiger partial charge < -0.3 is 4.74 Å². The Morgan fingerprint density at radius 1 is 1.12 bits per heavy atom. The van der Waals surface area contributed by atoms with E-state index in [9.17, 15) is 4.79 Å². The van der Waals surface area contributed by atoms with Gasteiger partial charge in [0.15, 0.2) is 5.78 Å². The first-order chi connectivity index (χ1) is 7.97. The topological polar surface area (TPSA) is 26.3 Å². The van der Waals surface area contributed by atoms with Gasteiger partial charge in [-0.25, -0.2) is 0 Å². The van der Waals surface area contributed by atoms with E-state index in [1.54, 1.807) is 6.08 Å². The summed E-state index contributed by atoms with van der Waals surface area (Å²) in [6.07, 6.45) is 6.17. The lowest BCUT2D eigenvalue weighted by Gasteiger charge is -2.17. The highest BCUT2D eigenvalue weighted by atomic mass is 16.5. The molecule has 0 aromatic heterocycles. The van der Waals surface area contributed by atoms with Gasteiger partial charge in [-0.1, -0.05) is 36.4 Å². The van der Waals surface area contributed by atoms with Gasteiger partial charge in [-0.05, 0) is 32.4 Å². The lowest BCUT2D eigenvalue weighted by Crippen LogP contribution is -2.15. The van der Waals surface area contributed by atoms with Crippen LogP contribution in [-0.2, 0) is 9.53 Å². The summed E-state index contributed by atoms with van der Waals surface area (Å²) in [4.78, 5) is 11.4. The smallest absolute Gasteiger partial charge is 0.181 e. The Hall–Kier alpha value is -1.83. The Morgan fingerprint density at radius 3 is 2.35 bits per heavy atom. The van der Waals surface area contributed by atoms with Crippen LogP contribution in [0.15, 0.2) is 48.7 Å². The van der Waals surface area contributed by atoms with Crippen molar-refractivity contribution in [1.82, 2.24) is 0 Å². The number of ketones is 1. The van der Waals surface area contributed by atoms with Crippen molar-refractivity contribution >= 4 is 11.9 Å². The van der Waals surface area contributed by atoms with Gasteiger partial charge in [0, 0.05) is 6.08 Å². The molecule has 0 aliphatic carbocycles. The third-order valence-electron chi connectivity index (χ3n) is 1.89. The molecular formula is C15H18O2. The fraction of sp³-hybridized carbons (Fsp3) is 0.267. The Morgan fingerprint density at radius 2 is 1.76 bits per heavy atom. The average Bonchev–Trinajstić information content (AvgIpc) is 2.26. The Kier molecular flexibility index (Phi) is 4.70. The monoisotopic (exact) mass is 230 g/mol. The van der Waals surface area contributed by atoms with Crippen LogP contribution >= 0.6 is 0 Å². The molecule has 90 valence electrons. The summed E-state index contributed by atoms with van der Waals surface area (Å²) in [6.45, 7) is 5.80. The maximum Gasteiger partial charge on any atom is 0.181 e. The number of allylic oxidation sites excluding steroid dienone is 2. The third kappa shape index (κ3) is 6.36. The molecule has 2 heteroatoms. The largest absolute Gasteiger partial charge is 0.496 e. The highest BCUT2D eigenvalue weighted by molar-refractivity contribution is 6.01. The maximum atomic E-state index is 11.4. The second-order valence-corrected chi connectivity index (χ2v) is 4.68. The van der Waals surface area contributed by atoms with Crippen molar-refractivity contribution in [2.75, 3.05) is 0 Å². The predicted molar refractivity (Wildman–Crippen MR) is 70.5 cm³/mol. The average molecular weight is 230 g/mol. The van der Waals surface area contributed by atoms with Crippen molar-refractivity contribution in [1.29, 1.82) is 0 Å². The number of hydrogen-bond donors (Lipinski definition) is 0. The maximum absolute atomic E-state index is 11.4. The van der Waals surface area contributed by atoms with Gasteiger partial charge in [-0.2, -0.15) is 0 Å². The summed E-state index contributed by atoms with van der Waals surface area (Å²) < 4.78 is 5.32. The van der Waals surface area contributed by atoms with Crippen LogP contribution in [0.5, 0.6) is 0 Å². The van der Waals surface area contributed by atoms with E-state index >= 15 is 0 Å². The van der Waals surface area contributed by atoms with Crippen LogP contribution in [0.2, 0.25) is 0 Å². The number of hydrogen-bond acceptors (Lipinski definition) is 2. The summed E-state index contributed by atoms with van der Waals surface area (Å²) in [7, 11) is 0. The molecule has 0 atom stereocenters. The molecule has 0 heterocycles. The van der Waals surface area contributed by atoms with Crippen LogP contribution in [0, 0.1) is 0 Å².